The third-order valence-electron chi connectivity index (χ3n) is 1.58. The molecule has 0 saturated carbocycles. The first-order valence-corrected chi connectivity index (χ1v) is 5.27. The summed E-state index contributed by atoms with van der Waals surface area (Å²) < 4.78 is 0.299. The van der Waals surface area contributed by atoms with Crippen LogP contribution in [0.2, 0.25) is 0 Å². The van der Waals surface area contributed by atoms with Crippen molar-refractivity contribution >= 4 is 10.2 Å². The van der Waals surface area contributed by atoms with E-state index < -0.39 is 10.2 Å². The Bertz CT molecular complexity index is 63.5. The number of hydrogen-bond acceptors (Lipinski definition) is 1. The van der Waals surface area contributed by atoms with Gasteiger partial charge in [-0.3, -0.25) is 5.14 Å². The molecular weight excluding hydrogens is 118 g/mol. The van der Waals surface area contributed by atoms with Crippen molar-refractivity contribution in [1.29, 1.82) is 0 Å². The van der Waals surface area contributed by atoms with E-state index in [0.29, 0.717) is 4.75 Å². The van der Waals surface area contributed by atoms with Crippen LogP contribution in [-0.2, 0) is 0 Å². The molecule has 0 aliphatic carbocycles. The summed E-state index contributed by atoms with van der Waals surface area (Å²) in [7, 11) is -0.840. The van der Waals surface area contributed by atoms with Crippen molar-refractivity contribution in [3.63, 3.8) is 0 Å². The smallest absolute Gasteiger partial charge is 0.00254 e. The van der Waals surface area contributed by atoms with Gasteiger partial charge in [-0.15, -0.1) is 0 Å². The topological polar surface area (TPSA) is 26.0 Å². The lowest BCUT2D eigenvalue weighted by molar-refractivity contribution is 0.788. The summed E-state index contributed by atoms with van der Waals surface area (Å²) in [6.45, 7) is 6.55. The monoisotopic (exact) mass is 135 g/mol. The Morgan fingerprint density at radius 2 is 1.25 bits per heavy atom. The molecule has 0 heterocycles. The van der Waals surface area contributed by atoms with Crippen molar-refractivity contribution in [2.45, 2.75) is 25.5 Å². The van der Waals surface area contributed by atoms with E-state index in [1.54, 1.807) is 0 Å². The minimum absolute atomic E-state index is 0.299. The van der Waals surface area contributed by atoms with Crippen molar-refractivity contribution in [3.05, 3.63) is 0 Å². The van der Waals surface area contributed by atoms with Crippen LogP contribution in [0.4, 0.5) is 0 Å². The zero-order chi connectivity index (χ0) is 7.00. The standard InChI is InChI=1S/C6H17NS/c1-6(2,3)8(4,5)7/h7H2,1-5H3. The number of rotatable bonds is 0. The lowest BCUT2D eigenvalue weighted by Crippen LogP contribution is -2.28. The zero-order valence-corrected chi connectivity index (χ0v) is 7.30. The van der Waals surface area contributed by atoms with Crippen molar-refractivity contribution in [2.24, 2.45) is 5.14 Å². The van der Waals surface area contributed by atoms with Crippen LogP contribution < -0.4 is 5.14 Å². The van der Waals surface area contributed by atoms with E-state index in [0.717, 1.165) is 0 Å². The van der Waals surface area contributed by atoms with Gasteiger partial charge in [-0.05, 0) is 12.5 Å². The van der Waals surface area contributed by atoms with Crippen molar-refractivity contribution in [1.82, 2.24) is 0 Å². The average Bonchev–Trinajstić information content (AvgIpc) is 1.25. The van der Waals surface area contributed by atoms with Crippen LogP contribution in [0, 0.1) is 0 Å². The molecule has 0 aliphatic rings. The van der Waals surface area contributed by atoms with E-state index in [1.807, 2.05) is 0 Å². The summed E-state index contributed by atoms with van der Waals surface area (Å²) in [5.41, 5.74) is 0. The summed E-state index contributed by atoms with van der Waals surface area (Å²) in [5, 5.41) is 5.90. The molecular formula is C6H17NS. The van der Waals surface area contributed by atoms with E-state index >= 15 is 0 Å². The van der Waals surface area contributed by atoms with Crippen LogP contribution in [-0.4, -0.2) is 17.3 Å². The SMILES string of the molecule is CC(C)(C)S(C)(C)N. The fraction of sp³-hybridized carbons (Fsp3) is 1.00. The van der Waals surface area contributed by atoms with Gasteiger partial charge in [0.1, 0.15) is 0 Å². The maximum absolute atomic E-state index is 5.90. The van der Waals surface area contributed by atoms with E-state index in [4.69, 9.17) is 5.14 Å². The Morgan fingerprint density at radius 3 is 1.25 bits per heavy atom. The van der Waals surface area contributed by atoms with Crippen LogP contribution in [0.5, 0.6) is 0 Å². The molecule has 0 aromatic heterocycles. The molecule has 1 nitrogen and oxygen atoms in total. The predicted molar refractivity (Wildman–Crippen MR) is 43.4 cm³/mol. The fourth-order valence-corrected chi connectivity index (χ4v) is 0. The fourth-order valence-electron chi connectivity index (χ4n) is 0. The Balaban J connectivity index is 4.02. The van der Waals surface area contributed by atoms with Crippen molar-refractivity contribution < 1.29 is 0 Å². The van der Waals surface area contributed by atoms with Gasteiger partial charge in [-0.25, -0.2) is 0 Å². The maximum atomic E-state index is 5.90. The second-order valence-corrected chi connectivity index (χ2v) is 7.55. The molecule has 2 N–H and O–H groups in total. The average molecular weight is 135 g/mol. The van der Waals surface area contributed by atoms with E-state index in [1.165, 1.54) is 0 Å². The summed E-state index contributed by atoms with van der Waals surface area (Å²) in [4.78, 5) is 0. The van der Waals surface area contributed by atoms with Crippen LogP contribution in [0.1, 0.15) is 20.8 Å². The minimum Gasteiger partial charge on any atom is -0.294 e. The molecule has 52 valence electrons. The lowest BCUT2D eigenvalue weighted by Gasteiger charge is -2.40. The van der Waals surface area contributed by atoms with Crippen LogP contribution in [0.25, 0.3) is 0 Å². The van der Waals surface area contributed by atoms with Crippen molar-refractivity contribution in [3.8, 4) is 0 Å². The molecule has 0 radical (unpaired) electrons. The lowest BCUT2D eigenvalue weighted by atomic mass is 10.3. The Hall–Kier alpha value is 0.310. The third-order valence-corrected chi connectivity index (χ3v) is 4.73. The zero-order valence-electron chi connectivity index (χ0n) is 6.49. The Labute approximate surface area is 54.1 Å². The van der Waals surface area contributed by atoms with Gasteiger partial charge in [-0.1, -0.05) is 20.8 Å². The summed E-state index contributed by atoms with van der Waals surface area (Å²) in [6, 6.07) is 0. The highest BCUT2D eigenvalue weighted by Crippen LogP contribution is 2.44. The maximum Gasteiger partial charge on any atom is 0.00254 e. The first-order valence-electron chi connectivity index (χ1n) is 2.76. The molecule has 0 fully saturated rings. The molecule has 0 unspecified atom stereocenters. The first-order chi connectivity index (χ1) is 3.25. The molecule has 0 spiro atoms. The largest absolute Gasteiger partial charge is 0.294 e. The molecule has 0 aromatic rings. The Morgan fingerprint density at radius 1 is 1.12 bits per heavy atom. The molecule has 0 aliphatic heterocycles. The molecule has 0 saturated heterocycles. The molecule has 0 rings (SSSR count). The summed E-state index contributed by atoms with van der Waals surface area (Å²) in [5.74, 6) is 0. The van der Waals surface area contributed by atoms with Gasteiger partial charge in [0.15, 0.2) is 0 Å². The Kier molecular flexibility index (Phi) is 2.00. The van der Waals surface area contributed by atoms with Crippen LogP contribution in [0.15, 0.2) is 0 Å². The van der Waals surface area contributed by atoms with Gasteiger partial charge in [-0.2, -0.15) is 10.2 Å². The number of nitrogens with two attached hydrogens (primary N) is 1. The second-order valence-electron chi connectivity index (χ2n) is 3.52. The van der Waals surface area contributed by atoms with E-state index in [2.05, 4.69) is 33.3 Å². The van der Waals surface area contributed by atoms with Gasteiger partial charge in [0.05, 0.1) is 0 Å². The highest BCUT2D eigenvalue weighted by atomic mass is 32.3. The number of hydrogen-bond donors (Lipinski definition) is 1. The highest BCUT2D eigenvalue weighted by molar-refractivity contribution is 8.31. The normalized spacial score (nSPS) is 16.2. The molecule has 0 bridgehead atoms. The molecule has 0 amide bonds. The van der Waals surface area contributed by atoms with E-state index in [9.17, 15) is 0 Å². The molecule has 0 aromatic carbocycles. The van der Waals surface area contributed by atoms with Gasteiger partial charge in [0, 0.05) is 4.75 Å². The summed E-state index contributed by atoms with van der Waals surface area (Å²) in [6.07, 6.45) is 4.26. The summed E-state index contributed by atoms with van der Waals surface area (Å²) >= 11 is 0. The first kappa shape index (κ1) is 8.31. The molecule has 8 heavy (non-hydrogen) atoms. The van der Waals surface area contributed by atoms with Gasteiger partial charge >= 0.3 is 0 Å². The van der Waals surface area contributed by atoms with Crippen molar-refractivity contribution in [2.75, 3.05) is 12.5 Å². The van der Waals surface area contributed by atoms with Gasteiger partial charge < -0.3 is 0 Å². The van der Waals surface area contributed by atoms with Crippen LogP contribution >= 0.6 is 10.2 Å². The van der Waals surface area contributed by atoms with Gasteiger partial charge in [0.2, 0.25) is 0 Å². The molecule has 2 heteroatoms. The van der Waals surface area contributed by atoms with Gasteiger partial charge in [0.25, 0.3) is 0 Å². The predicted octanol–water partition coefficient (Wildman–Crippen LogP) is 1.72. The third kappa shape index (κ3) is 2.05. The minimum atomic E-state index is -0.840. The van der Waals surface area contributed by atoms with E-state index in [-0.39, 0.29) is 0 Å². The molecule has 0 atom stereocenters. The highest BCUT2D eigenvalue weighted by Gasteiger charge is 2.22. The second kappa shape index (κ2) is 1.92. The quantitative estimate of drug-likeness (QED) is 0.538. The van der Waals surface area contributed by atoms with Crippen LogP contribution in [0.3, 0.4) is 0 Å².